The van der Waals surface area contributed by atoms with Gasteiger partial charge < -0.3 is 65.1 Å². The molecule has 58 heavy (non-hydrogen) atoms. The van der Waals surface area contributed by atoms with Crippen LogP contribution in [0.5, 0.6) is 0 Å². The molecule has 4 aliphatic rings. The second-order valence-electron chi connectivity index (χ2n) is 15.6. The zero-order valence-corrected chi connectivity index (χ0v) is 36.3. The van der Waals surface area contributed by atoms with Crippen LogP contribution < -0.4 is 55.8 Å². The Morgan fingerprint density at radius 1 is 0.328 bits per heavy atom. The van der Waals surface area contributed by atoms with Gasteiger partial charge in [-0.3, -0.25) is 32.5 Å². The summed E-state index contributed by atoms with van der Waals surface area (Å²) in [6.07, 6.45) is 26.7. The average molecular weight is 824 g/mol. The Balaban J connectivity index is 0.000000724. The van der Waals surface area contributed by atoms with E-state index in [9.17, 15) is 0 Å². The van der Waals surface area contributed by atoms with Crippen molar-refractivity contribution in [1.29, 1.82) is 27.0 Å². The normalized spacial score (nSPS) is 19.0. The molecular formula is C39H89N19. The Kier molecular flexibility index (Phi) is 36.2. The minimum absolute atomic E-state index is 0.0515. The molecule has 0 aliphatic carbocycles. The SMILES string of the molecule is N=C(N)N.N=C(N)NCCN1CCCCCCC1.N=C(N)NCCN1CCCCCCC1.N=C(N)NCCN1CCCCCCC1.N=C(N)NN1CCCCCCC1. The smallest absolute Gasteiger partial charge is 0.200 e. The molecule has 0 bridgehead atoms. The molecule has 4 fully saturated rings. The highest BCUT2D eigenvalue weighted by molar-refractivity contribution is 5.75. The number of hydrazine groups is 1. The van der Waals surface area contributed by atoms with Crippen LogP contribution in [0.2, 0.25) is 0 Å². The largest absolute Gasteiger partial charge is 0.370 e. The van der Waals surface area contributed by atoms with Gasteiger partial charge in [0.1, 0.15) is 0 Å². The van der Waals surface area contributed by atoms with Crippen molar-refractivity contribution in [3.63, 3.8) is 0 Å². The van der Waals surface area contributed by atoms with E-state index in [-0.39, 0.29) is 29.8 Å². The third-order valence-corrected chi connectivity index (χ3v) is 10.2. The van der Waals surface area contributed by atoms with E-state index in [1.165, 1.54) is 168 Å². The Labute approximate surface area is 351 Å². The molecule has 0 unspecified atom stereocenters. The van der Waals surface area contributed by atoms with Crippen molar-refractivity contribution in [2.24, 2.45) is 34.4 Å². The number of nitrogens with one attached hydrogen (secondary N) is 9. The zero-order valence-electron chi connectivity index (χ0n) is 36.3. The molecule has 4 saturated heterocycles. The van der Waals surface area contributed by atoms with Gasteiger partial charge in [-0.2, -0.15) is 0 Å². The van der Waals surface area contributed by atoms with Crippen LogP contribution in [0.25, 0.3) is 0 Å². The number of rotatable bonds is 10. The zero-order chi connectivity index (χ0) is 43.1. The first-order valence-electron chi connectivity index (χ1n) is 22.2. The molecule has 4 heterocycles. The minimum Gasteiger partial charge on any atom is -0.370 e. The van der Waals surface area contributed by atoms with Gasteiger partial charge in [0.2, 0.25) is 5.96 Å². The molecule has 0 radical (unpaired) electrons. The van der Waals surface area contributed by atoms with Crippen molar-refractivity contribution in [2.75, 3.05) is 91.6 Å². The lowest BCUT2D eigenvalue weighted by atomic mass is 10.1. The number of hydrogen-bond acceptors (Lipinski definition) is 9. The standard InChI is InChI=1S/3C10H22N4.C8H18N4.CH5N3/c3*11-10(12)13-6-9-14-7-4-2-1-3-5-8-14;9-8(10)11-12-6-4-2-1-3-5-7-12;2-1(3)4/h3*1-9H2,(H4,11,12,13);1-7H2,(H4,9,10,11);(H5,2,3,4). The maximum atomic E-state index is 7.08. The third-order valence-electron chi connectivity index (χ3n) is 10.2. The van der Waals surface area contributed by atoms with E-state index < -0.39 is 0 Å². The lowest BCUT2D eigenvalue weighted by Crippen LogP contribution is -2.46. The van der Waals surface area contributed by atoms with Gasteiger partial charge in [0.05, 0.1) is 0 Å². The first kappa shape index (κ1) is 54.2. The predicted octanol–water partition coefficient (Wildman–Crippen LogP) is 1.70. The Morgan fingerprint density at radius 2 is 0.534 bits per heavy atom. The molecule has 19 nitrogen and oxygen atoms in total. The summed E-state index contributed by atoms with van der Waals surface area (Å²) in [5, 5.41) is 44.8. The quantitative estimate of drug-likeness (QED) is 0.110. The molecule has 0 aromatic heterocycles. The summed E-state index contributed by atoms with van der Waals surface area (Å²) < 4.78 is 0. The maximum Gasteiger partial charge on any atom is 0.200 e. The van der Waals surface area contributed by atoms with Crippen LogP contribution >= 0.6 is 0 Å². The lowest BCUT2D eigenvalue weighted by Gasteiger charge is -2.24. The van der Waals surface area contributed by atoms with Gasteiger partial charge in [0.25, 0.3) is 0 Å². The molecule has 4 aliphatic heterocycles. The summed E-state index contributed by atoms with van der Waals surface area (Å²) in [5.74, 6) is -0.0401. The van der Waals surface area contributed by atoms with E-state index >= 15 is 0 Å². The van der Waals surface area contributed by atoms with Gasteiger partial charge in [0.15, 0.2) is 23.8 Å². The van der Waals surface area contributed by atoms with Crippen molar-refractivity contribution in [2.45, 2.75) is 128 Å². The Bertz CT molecular complexity index is 918. The highest BCUT2D eigenvalue weighted by Gasteiger charge is 2.10. The summed E-state index contributed by atoms with van der Waals surface area (Å²) in [4.78, 5) is 7.40. The Hall–Kier alpha value is -3.81. The van der Waals surface area contributed by atoms with Crippen molar-refractivity contribution in [3.05, 3.63) is 0 Å². The molecule has 21 N–H and O–H groups in total. The third kappa shape index (κ3) is 40.4. The molecule has 19 heteroatoms. The molecule has 340 valence electrons. The van der Waals surface area contributed by atoms with Crippen molar-refractivity contribution < 1.29 is 0 Å². The fraction of sp³-hybridized carbons (Fsp3) is 0.872. The average Bonchev–Trinajstić information content (AvgIpc) is 3.09. The number of hydrogen-bond donors (Lipinski definition) is 15. The van der Waals surface area contributed by atoms with Gasteiger partial charge in [-0.1, -0.05) is 77.0 Å². The monoisotopic (exact) mass is 824 g/mol. The van der Waals surface area contributed by atoms with E-state index in [1.807, 2.05) is 5.01 Å². The van der Waals surface area contributed by atoms with E-state index in [2.05, 4.69) is 47.5 Å². The highest BCUT2D eigenvalue weighted by atomic mass is 15.5. The summed E-state index contributed by atoms with van der Waals surface area (Å²) in [6.45, 7) is 14.7. The van der Waals surface area contributed by atoms with Crippen LogP contribution in [0.3, 0.4) is 0 Å². The topological polar surface area (TPSA) is 336 Å². The van der Waals surface area contributed by atoms with Gasteiger partial charge in [-0.25, -0.2) is 5.01 Å². The number of nitrogens with zero attached hydrogens (tertiary/aromatic N) is 4. The fourth-order valence-electron chi connectivity index (χ4n) is 7.19. The van der Waals surface area contributed by atoms with E-state index in [4.69, 9.17) is 50.0 Å². The van der Waals surface area contributed by atoms with E-state index in [1.54, 1.807) is 0 Å². The van der Waals surface area contributed by atoms with E-state index in [0.717, 1.165) is 52.4 Å². The second kappa shape index (κ2) is 38.7. The van der Waals surface area contributed by atoms with Crippen LogP contribution in [0.4, 0.5) is 0 Å². The number of likely N-dealkylation sites (tertiary alicyclic amines) is 3. The summed E-state index contributed by atoms with van der Waals surface area (Å²) in [7, 11) is 0. The molecule has 0 amide bonds. The molecule has 4 rings (SSSR count). The number of nitrogens with two attached hydrogens (primary N) is 6. The molecule has 0 saturated carbocycles. The molecule has 0 spiro atoms. The molecule has 0 atom stereocenters. The summed E-state index contributed by atoms with van der Waals surface area (Å²) in [5.41, 5.74) is 32.7. The van der Waals surface area contributed by atoms with Gasteiger partial charge in [0, 0.05) is 52.4 Å². The molecular weight excluding hydrogens is 735 g/mol. The fourth-order valence-corrected chi connectivity index (χ4v) is 7.19. The predicted molar refractivity (Wildman–Crippen MR) is 244 cm³/mol. The van der Waals surface area contributed by atoms with Crippen molar-refractivity contribution >= 4 is 29.8 Å². The minimum atomic E-state index is -0.333. The van der Waals surface area contributed by atoms with Crippen LogP contribution in [0, 0.1) is 27.0 Å². The van der Waals surface area contributed by atoms with Gasteiger partial charge >= 0.3 is 0 Å². The van der Waals surface area contributed by atoms with Crippen LogP contribution in [0.15, 0.2) is 0 Å². The summed E-state index contributed by atoms with van der Waals surface area (Å²) in [6, 6.07) is 0. The first-order valence-corrected chi connectivity index (χ1v) is 22.2. The van der Waals surface area contributed by atoms with Crippen molar-refractivity contribution in [1.82, 2.24) is 41.1 Å². The molecule has 0 aromatic carbocycles. The van der Waals surface area contributed by atoms with Crippen LogP contribution in [0.1, 0.15) is 128 Å². The molecule has 0 aromatic rings. The second-order valence-corrected chi connectivity index (χ2v) is 15.6. The summed E-state index contributed by atoms with van der Waals surface area (Å²) >= 11 is 0. The van der Waals surface area contributed by atoms with Crippen LogP contribution in [-0.2, 0) is 0 Å². The number of guanidine groups is 5. The van der Waals surface area contributed by atoms with Crippen molar-refractivity contribution in [3.8, 4) is 0 Å². The van der Waals surface area contributed by atoms with Gasteiger partial charge in [-0.15, -0.1) is 0 Å². The Morgan fingerprint density at radius 3 is 0.741 bits per heavy atom. The van der Waals surface area contributed by atoms with Crippen LogP contribution in [-0.4, -0.2) is 141 Å². The maximum absolute atomic E-state index is 7.08. The van der Waals surface area contributed by atoms with Gasteiger partial charge in [-0.05, 0) is 90.6 Å². The lowest BCUT2D eigenvalue weighted by molar-refractivity contribution is 0.211. The first-order chi connectivity index (χ1) is 27.9. The van der Waals surface area contributed by atoms with E-state index in [0.29, 0.717) is 0 Å². The highest BCUT2D eigenvalue weighted by Crippen LogP contribution is 2.12.